The molecular formula is C20H23N3O5S3. The summed E-state index contributed by atoms with van der Waals surface area (Å²) in [5.41, 5.74) is 0.797. The quantitative estimate of drug-likeness (QED) is 0.343. The first-order valence-corrected chi connectivity index (χ1v) is 12.4. The molecule has 0 aliphatic rings. The van der Waals surface area contributed by atoms with Crippen molar-refractivity contribution in [1.82, 2.24) is 4.31 Å². The van der Waals surface area contributed by atoms with Crippen molar-refractivity contribution >= 4 is 50.0 Å². The van der Waals surface area contributed by atoms with Crippen LogP contribution in [0.3, 0.4) is 0 Å². The zero-order valence-electron chi connectivity index (χ0n) is 17.8. The molecule has 0 spiro atoms. The largest absolute Gasteiger partial charge is 0.462 e. The lowest BCUT2D eigenvalue weighted by Crippen LogP contribution is -2.33. The molecule has 2 rings (SSSR count). The van der Waals surface area contributed by atoms with Gasteiger partial charge in [-0.1, -0.05) is 0 Å². The van der Waals surface area contributed by atoms with Crippen molar-refractivity contribution in [3.8, 4) is 5.40 Å². The maximum Gasteiger partial charge on any atom is 0.348 e. The van der Waals surface area contributed by atoms with Crippen LogP contribution >= 0.6 is 23.1 Å². The number of esters is 1. The van der Waals surface area contributed by atoms with Crippen molar-refractivity contribution in [2.45, 2.75) is 43.5 Å². The Hall–Kier alpha value is -2.39. The number of nitriles is 1. The fourth-order valence-corrected chi connectivity index (χ4v) is 5.70. The molecule has 0 saturated heterocycles. The van der Waals surface area contributed by atoms with E-state index in [0.29, 0.717) is 20.3 Å². The minimum Gasteiger partial charge on any atom is -0.462 e. The van der Waals surface area contributed by atoms with Crippen LogP contribution in [0.5, 0.6) is 0 Å². The normalized spacial score (nSPS) is 11.4. The minimum atomic E-state index is -3.66. The second-order valence-corrected chi connectivity index (χ2v) is 10.5. The Morgan fingerprint density at radius 2 is 1.90 bits per heavy atom. The Morgan fingerprint density at radius 1 is 1.29 bits per heavy atom. The minimum absolute atomic E-state index is 0.0811. The van der Waals surface area contributed by atoms with Crippen molar-refractivity contribution in [3.05, 3.63) is 40.3 Å². The van der Waals surface area contributed by atoms with Crippen molar-refractivity contribution in [2.75, 3.05) is 19.0 Å². The molecule has 0 fully saturated rings. The van der Waals surface area contributed by atoms with E-state index in [4.69, 9.17) is 10.00 Å². The fourth-order valence-electron chi connectivity index (χ4n) is 2.54. The van der Waals surface area contributed by atoms with Crippen LogP contribution < -0.4 is 5.32 Å². The second kappa shape index (κ2) is 10.3. The fraction of sp³-hybridized carbons (Fsp3) is 0.350. The number of hydrogen-bond donors (Lipinski definition) is 1. The third-order valence-electron chi connectivity index (χ3n) is 4.45. The molecule has 1 amide bonds. The van der Waals surface area contributed by atoms with Crippen molar-refractivity contribution in [2.24, 2.45) is 0 Å². The van der Waals surface area contributed by atoms with Gasteiger partial charge in [-0.05, 0) is 69.3 Å². The summed E-state index contributed by atoms with van der Waals surface area (Å²) in [6.07, 6.45) is 0. The highest BCUT2D eigenvalue weighted by atomic mass is 32.2. The molecular weight excluding hydrogens is 458 g/mol. The molecule has 1 heterocycles. The first kappa shape index (κ1) is 24.9. The Labute approximate surface area is 190 Å². The molecule has 31 heavy (non-hydrogen) atoms. The Bertz CT molecular complexity index is 1120. The van der Waals surface area contributed by atoms with Gasteiger partial charge in [0, 0.05) is 18.7 Å². The highest BCUT2D eigenvalue weighted by Gasteiger charge is 2.25. The summed E-state index contributed by atoms with van der Waals surface area (Å²) >= 11 is 1.87. The van der Waals surface area contributed by atoms with Crippen molar-refractivity contribution in [1.29, 1.82) is 5.26 Å². The first-order valence-electron chi connectivity index (χ1n) is 9.30. The van der Waals surface area contributed by atoms with E-state index in [1.807, 2.05) is 5.40 Å². The number of amides is 1. The van der Waals surface area contributed by atoms with E-state index < -0.39 is 21.9 Å². The Balaban J connectivity index is 2.30. The van der Waals surface area contributed by atoms with E-state index in [9.17, 15) is 18.0 Å². The van der Waals surface area contributed by atoms with E-state index in [1.54, 1.807) is 27.7 Å². The van der Waals surface area contributed by atoms with E-state index >= 15 is 0 Å². The molecule has 166 valence electrons. The van der Waals surface area contributed by atoms with E-state index in [1.165, 1.54) is 35.6 Å². The molecule has 11 heteroatoms. The smallest absolute Gasteiger partial charge is 0.348 e. The number of sulfonamides is 1. The second-order valence-electron chi connectivity index (χ2n) is 6.72. The lowest BCUT2D eigenvalue weighted by Gasteiger charge is -2.21. The van der Waals surface area contributed by atoms with Gasteiger partial charge in [0.15, 0.2) is 0 Å². The van der Waals surface area contributed by atoms with E-state index in [-0.39, 0.29) is 23.1 Å². The Morgan fingerprint density at radius 3 is 2.42 bits per heavy atom. The molecule has 0 bridgehead atoms. The highest BCUT2D eigenvalue weighted by Crippen LogP contribution is 2.40. The summed E-state index contributed by atoms with van der Waals surface area (Å²) in [5.74, 6) is -1.01. The maximum absolute atomic E-state index is 12.7. The summed E-state index contributed by atoms with van der Waals surface area (Å²) < 4.78 is 31.4. The van der Waals surface area contributed by atoms with Crippen LogP contribution in [-0.2, 0) is 14.8 Å². The van der Waals surface area contributed by atoms with Crippen LogP contribution in [-0.4, -0.2) is 44.3 Å². The predicted molar refractivity (Wildman–Crippen MR) is 121 cm³/mol. The number of thioether (sulfide) groups is 1. The molecule has 0 unspecified atom stereocenters. The molecule has 8 nitrogen and oxygen atoms in total. The number of rotatable bonds is 8. The number of ether oxygens (including phenoxy) is 1. The van der Waals surface area contributed by atoms with E-state index in [0.717, 1.165) is 23.1 Å². The van der Waals surface area contributed by atoms with Crippen LogP contribution in [0, 0.1) is 17.6 Å². The average Bonchev–Trinajstić information content (AvgIpc) is 3.03. The van der Waals surface area contributed by atoms with Gasteiger partial charge in [-0.2, -0.15) is 9.57 Å². The lowest BCUT2D eigenvalue weighted by molar-refractivity contribution is 0.0531. The number of thiophene rings is 1. The molecule has 0 aliphatic heterocycles. The number of benzene rings is 1. The number of anilines is 1. The average molecular weight is 482 g/mol. The predicted octanol–water partition coefficient (Wildman–Crippen LogP) is 4.09. The summed E-state index contributed by atoms with van der Waals surface area (Å²) in [6, 6.07) is 5.37. The van der Waals surface area contributed by atoms with Gasteiger partial charge in [-0.3, -0.25) is 4.79 Å². The molecule has 2 aromatic rings. The first-order chi connectivity index (χ1) is 14.5. The highest BCUT2D eigenvalue weighted by molar-refractivity contribution is 8.04. The third kappa shape index (κ3) is 5.46. The Kier molecular flexibility index (Phi) is 8.25. The molecule has 1 aromatic heterocycles. The molecule has 0 aliphatic carbocycles. The van der Waals surface area contributed by atoms with Crippen LogP contribution in [0.4, 0.5) is 5.00 Å². The summed E-state index contributed by atoms with van der Waals surface area (Å²) in [7, 11) is -2.16. The van der Waals surface area contributed by atoms with Gasteiger partial charge in [0.2, 0.25) is 10.0 Å². The van der Waals surface area contributed by atoms with Gasteiger partial charge >= 0.3 is 5.97 Å². The van der Waals surface area contributed by atoms with Crippen molar-refractivity contribution < 1.29 is 22.7 Å². The van der Waals surface area contributed by atoms with Gasteiger partial charge in [-0.15, -0.1) is 11.3 Å². The summed E-state index contributed by atoms with van der Waals surface area (Å²) in [5, 5.41) is 14.1. The SMILES string of the molecule is CCOC(=O)c1sc(NC(=O)c2ccc(S(=O)(=O)N(C)C(C)C)cc2)c(SC#N)c1C. The van der Waals surface area contributed by atoms with Gasteiger partial charge in [0.05, 0.1) is 16.4 Å². The molecule has 1 aromatic carbocycles. The van der Waals surface area contributed by atoms with Gasteiger partial charge in [-0.25, -0.2) is 13.2 Å². The zero-order chi connectivity index (χ0) is 23.3. The van der Waals surface area contributed by atoms with Gasteiger partial charge < -0.3 is 10.1 Å². The van der Waals surface area contributed by atoms with Crippen LogP contribution in [0.25, 0.3) is 0 Å². The zero-order valence-corrected chi connectivity index (χ0v) is 20.2. The monoisotopic (exact) mass is 481 g/mol. The number of thiocyanates is 1. The number of hydrogen-bond acceptors (Lipinski definition) is 8. The van der Waals surface area contributed by atoms with Crippen LogP contribution in [0.15, 0.2) is 34.1 Å². The van der Waals surface area contributed by atoms with Crippen molar-refractivity contribution in [3.63, 3.8) is 0 Å². The molecule has 0 saturated carbocycles. The topological polar surface area (TPSA) is 117 Å². The standard InChI is InChI=1S/C20H23N3O5S3/c1-6-28-20(25)17-13(4)16(29-11-21)19(30-17)22-18(24)14-7-9-15(10-8-14)31(26,27)23(5)12(2)3/h7-10,12H,6H2,1-5H3,(H,22,24). The van der Waals surface area contributed by atoms with Gasteiger partial charge in [0.25, 0.3) is 5.91 Å². The van der Waals surface area contributed by atoms with Crippen LogP contribution in [0.1, 0.15) is 46.4 Å². The maximum atomic E-state index is 12.7. The molecule has 0 atom stereocenters. The lowest BCUT2D eigenvalue weighted by atomic mass is 10.2. The number of carbonyl (C=O) groups excluding carboxylic acids is 2. The van der Waals surface area contributed by atoms with E-state index in [2.05, 4.69) is 5.32 Å². The third-order valence-corrected chi connectivity index (χ3v) is 8.62. The molecule has 1 N–H and O–H groups in total. The number of carbonyl (C=O) groups is 2. The van der Waals surface area contributed by atoms with Gasteiger partial charge in [0.1, 0.15) is 15.3 Å². The summed E-state index contributed by atoms with van der Waals surface area (Å²) in [6.45, 7) is 7.12. The molecule has 0 radical (unpaired) electrons. The summed E-state index contributed by atoms with van der Waals surface area (Å²) in [4.78, 5) is 25.7. The number of nitrogens with one attached hydrogen (secondary N) is 1. The van der Waals surface area contributed by atoms with Crippen LogP contribution in [0.2, 0.25) is 0 Å². The number of nitrogens with zero attached hydrogens (tertiary/aromatic N) is 2.